The van der Waals surface area contributed by atoms with Crippen LogP contribution < -0.4 is 0 Å². The number of nitrogens with one attached hydrogen (secondary N) is 1. The van der Waals surface area contributed by atoms with Gasteiger partial charge in [-0.3, -0.25) is 4.79 Å². The minimum atomic E-state index is 0.221. The summed E-state index contributed by atoms with van der Waals surface area (Å²) >= 11 is 0. The van der Waals surface area contributed by atoms with E-state index in [-0.39, 0.29) is 5.92 Å². The van der Waals surface area contributed by atoms with Gasteiger partial charge >= 0.3 is 0 Å². The van der Waals surface area contributed by atoms with E-state index in [1.54, 1.807) is 6.21 Å². The number of rotatable bonds is 5. The van der Waals surface area contributed by atoms with Crippen LogP contribution in [0.4, 0.5) is 0 Å². The molecule has 0 radical (unpaired) electrons. The molecule has 0 aromatic heterocycles. The van der Waals surface area contributed by atoms with Crippen molar-refractivity contribution in [3.63, 3.8) is 0 Å². The number of carbonyl (C=O) groups excluding carboxylic acids is 1. The van der Waals surface area contributed by atoms with Crippen LogP contribution in [0.15, 0.2) is 0 Å². The van der Waals surface area contributed by atoms with Crippen LogP contribution in [0.3, 0.4) is 0 Å². The number of carbonyl (C=O) groups is 1. The second kappa shape index (κ2) is 8.43. The summed E-state index contributed by atoms with van der Waals surface area (Å²) in [6.07, 6.45) is 9.44. The first-order valence-corrected chi connectivity index (χ1v) is 9.74. The van der Waals surface area contributed by atoms with Gasteiger partial charge in [-0.05, 0) is 63.0 Å². The molecule has 1 unspecified atom stereocenters. The zero-order valence-corrected chi connectivity index (χ0v) is 15.1. The monoisotopic (exact) mass is 335 g/mol. The Labute approximate surface area is 146 Å². The highest BCUT2D eigenvalue weighted by Gasteiger charge is 2.32. The molecule has 1 saturated carbocycles. The summed E-state index contributed by atoms with van der Waals surface area (Å²) in [6, 6.07) is 0. The molecule has 0 aromatic rings. The number of likely N-dealkylation sites (tertiary alicyclic amines) is 2. The average Bonchev–Trinajstić information content (AvgIpc) is 3.09. The highest BCUT2D eigenvalue weighted by molar-refractivity contribution is 5.79. The number of nitrogens with zero attached hydrogens (tertiary/aromatic N) is 2. The molecule has 5 nitrogen and oxygen atoms in total. The van der Waals surface area contributed by atoms with Gasteiger partial charge in [0.2, 0.25) is 5.91 Å². The first kappa shape index (κ1) is 17.9. The fourth-order valence-corrected chi connectivity index (χ4v) is 4.65. The third-order valence-electron chi connectivity index (χ3n) is 6.36. The summed E-state index contributed by atoms with van der Waals surface area (Å²) in [4.78, 5) is 17.4. The summed E-state index contributed by atoms with van der Waals surface area (Å²) in [5, 5.41) is 7.37. The molecule has 3 fully saturated rings. The maximum atomic E-state index is 12.7. The molecule has 0 spiro atoms. The van der Waals surface area contributed by atoms with Crippen molar-refractivity contribution in [2.45, 2.75) is 51.0 Å². The Morgan fingerprint density at radius 1 is 1.08 bits per heavy atom. The highest BCUT2D eigenvalue weighted by atomic mass is 16.5. The summed E-state index contributed by atoms with van der Waals surface area (Å²) in [6.45, 7) is 5.29. The zero-order valence-electron chi connectivity index (χ0n) is 15.1. The third kappa shape index (κ3) is 4.37. The lowest BCUT2D eigenvalue weighted by Gasteiger charge is -2.37. The Morgan fingerprint density at radius 2 is 1.79 bits per heavy atom. The van der Waals surface area contributed by atoms with Gasteiger partial charge in [-0.1, -0.05) is 0 Å². The van der Waals surface area contributed by atoms with Crippen molar-refractivity contribution in [3.8, 4) is 0 Å². The van der Waals surface area contributed by atoms with Crippen LogP contribution in [-0.2, 0) is 9.53 Å². The number of piperidine rings is 1. The van der Waals surface area contributed by atoms with E-state index in [9.17, 15) is 4.79 Å². The molecule has 1 amide bonds. The maximum Gasteiger partial charge on any atom is 0.225 e. The standard InChI is InChI=1S/C19H33N3O2/c1-24-18-8-9-21(14-18)13-16-6-10-22(11-7-16)19(23)17-4-2-15(12-20)3-5-17/h12,15-18,20H,2-11,13-14H2,1H3. The first-order chi connectivity index (χ1) is 11.7. The summed E-state index contributed by atoms with van der Waals surface area (Å²) in [5.74, 6) is 1.76. The molecule has 2 aliphatic heterocycles. The van der Waals surface area contributed by atoms with Crippen molar-refractivity contribution in [1.82, 2.24) is 9.80 Å². The molecule has 2 saturated heterocycles. The lowest BCUT2D eigenvalue weighted by molar-refractivity contribution is -0.138. The lowest BCUT2D eigenvalue weighted by atomic mass is 9.81. The quantitative estimate of drug-likeness (QED) is 0.785. The van der Waals surface area contributed by atoms with Crippen LogP contribution >= 0.6 is 0 Å². The molecule has 0 aromatic carbocycles. The van der Waals surface area contributed by atoms with Gasteiger partial charge in [0.05, 0.1) is 6.10 Å². The smallest absolute Gasteiger partial charge is 0.225 e. The van der Waals surface area contributed by atoms with Crippen LogP contribution in [0.2, 0.25) is 0 Å². The van der Waals surface area contributed by atoms with Crippen molar-refractivity contribution >= 4 is 12.1 Å². The van der Waals surface area contributed by atoms with Crippen molar-refractivity contribution in [2.24, 2.45) is 17.8 Å². The normalized spacial score (nSPS) is 32.9. The van der Waals surface area contributed by atoms with E-state index in [1.807, 2.05) is 7.11 Å². The number of ether oxygens (including phenoxy) is 1. The molecular formula is C19H33N3O2. The van der Waals surface area contributed by atoms with E-state index >= 15 is 0 Å². The first-order valence-electron chi connectivity index (χ1n) is 9.74. The van der Waals surface area contributed by atoms with Crippen LogP contribution in [-0.4, -0.2) is 67.9 Å². The minimum Gasteiger partial charge on any atom is -0.380 e. The minimum absolute atomic E-state index is 0.221. The summed E-state index contributed by atoms with van der Waals surface area (Å²) in [5.41, 5.74) is 0. The summed E-state index contributed by atoms with van der Waals surface area (Å²) < 4.78 is 5.45. The van der Waals surface area contributed by atoms with Gasteiger partial charge in [-0.2, -0.15) is 0 Å². The molecule has 1 atom stereocenters. The zero-order chi connectivity index (χ0) is 16.9. The summed E-state index contributed by atoms with van der Waals surface area (Å²) in [7, 11) is 1.81. The van der Waals surface area contributed by atoms with Crippen molar-refractivity contribution in [1.29, 1.82) is 5.41 Å². The van der Waals surface area contributed by atoms with Crippen LogP contribution in [0.25, 0.3) is 0 Å². The number of amides is 1. The van der Waals surface area contributed by atoms with E-state index in [4.69, 9.17) is 10.1 Å². The Morgan fingerprint density at radius 3 is 2.38 bits per heavy atom. The molecule has 2 heterocycles. The molecule has 3 aliphatic rings. The SMILES string of the molecule is COC1CCN(CC2CCN(C(=O)C3CCC(C=N)CC3)CC2)C1. The fourth-order valence-electron chi connectivity index (χ4n) is 4.65. The lowest BCUT2D eigenvalue weighted by Crippen LogP contribution is -2.44. The van der Waals surface area contributed by atoms with Crippen molar-refractivity contribution in [2.75, 3.05) is 39.8 Å². The van der Waals surface area contributed by atoms with Crippen LogP contribution in [0, 0.1) is 23.2 Å². The Balaban J connectivity index is 1.39. The van der Waals surface area contributed by atoms with Crippen molar-refractivity contribution < 1.29 is 9.53 Å². The van der Waals surface area contributed by atoms with Gasteiger partial charge in [-0.15, -0.1) is 0 Å². The van der Waals surface area contributed by atoms with Crippen LogP contribution in [0.1, 0.15) is 44.9 Å². The van der Waals surface area contributed by atoms with Gasteiger partial charge in [0.25, 0.3) is 0 Å². The average molecular weight is 335 g/mol. The second-order valence-corrected chi connectivity index (χ2v) is 7.95. The van der Waals surface area contributed by atoms with Gasteiger partial charge in [0.15, 0.2) is 0 Å². The Kier molecular flexibility index (Phi) is 6.28. The predicted molar refractivity (Wildman–Crippen MR) is 95.4 cm³/mol. The Bertz CT molecular complexity index is 426. The molecule has 3 rings (SSSR count). The van der Waals surface area contributed by atoms with E-state index in [0.717, 1.165) is 77.0 Å². The number of hydrogen-bond donors (Lipinski definition) is 1. The predicted octanol–water partition coefficient (Wildman–Crippen LogP) is 2.40. The fraction of sp³-hybridized carbons (Fsp3) is 0.895. The van der Waals surface area contributed by atoms with E-state index < -0.39 is 0 Å². The van der Waals surface area contributed by atoms with E-state index in [2.05, 4.69) is 9.80 Å². The number of hydrogen-bond acceptors (Lipinski definition) is 4. The molecule has 0 bridgehead atoms. The number of methoxy groups -OCH3 is 1. The molecule has 1 aliphatic carbocycles. The van der Waals surface area contributed by atoms with Crippen molar-refractivity contribution in [3.05, 3.63) is 0 Å². The molecule has 136 valence electrons. The maximum absolute atomic E-state index is 12.7. The van der Waals surface area contributed by atoms with Gasteiger partial charge in [0, 0.05) is 45.8 Å². The molecular weight excluding hydrogens is 302 g/mol. The molecule has 1 N–H and O–H groups in total. The van der Waals surface area contributed by atoms with E-state index in [1.165, 1.54) is 6.54 Å². The topological polar surface area (TPSA) is 56.6 Å². The van der Waals surface area contributed by atoms with Gasteiger partial charge < -0.3 is 19.9 Å². The van der Waals surface area contributed by atoms with E-state index in [0.29, 0.717) is 17.9 Å². The van der Waals surface area contributed by atoms with Crippen LogP contribution in [0.5, 0.6) is 0 Å². The Hall–Kier alpha value is -0.940. The highest BCUT2D eigenvalue weighted by Crippen LogP contribution is 2.30. The largest absolute Gasteiger partial charge is 0.380 e. The van der Waals surface area contributed by atoms with Gasteiger partial charge in [-0.25, -0.2) is 0 Å². The van der Waals surface area contributed by atoms with Gasteiger partial charge in [0.1, 0.15) is 0 Å². The molecule has 5 heteroatoms. The third-order valence-corrected chi connectivity index (χ3v) is 6.36. The molecule has 24 heavy (non-hydrogen) atoms. The second-order valence-electron chi connectivity index (χ2n) is 7.95.